The van der Waals surface area contributed by atoms with Gasteiger partial charge in [-0.2, -0.15) is 0 Å². The molecule has 0 saturated carbocycles. The van der Waals surface area contributed by atoms with Crippen LogP contribution >= 0.6 is 34.8 Å². The van der Waals surface area contributed by atoms with E-state index in [0.717, 1.165) is 0 Å². The van der Waals surface area contributed by atoms with Crippen molar-refractivity contribution in [1.29, 1.82) is 0 Å². The minimum Gasteiger partial charge on any atom is -0.460 e. The number of nitrogens with zero attached hydrogens (tertiary/aromatic N) is 1. The zero-order chi connectivity index (χ0) is 25.6. The van der Waals surface area contributed by atoms with E-state index in [1.807, 2.05) is 0 Å². The van der Waals surface area contributed by atoms with Gasteiger partial charge in [0, 0.05) is 6.54 Å². The highest BCUT2D eigenvalue weighted by Crippen LogP contribution is 2.26. The van der Waals surface area contributed by atoms with Gasteiger partial charge in [0.15, 0.2) is 0 Å². The fraction of sp³-hybridized carbons (Fsp3) is 0.800. The first-order valence-corrected chi connectivity index (χ1v) is 11.6. The fourth-order valence-electron chi connectivity index (χ4n) is 3.03. The highest BCUT2D eigenvalue weighted by Gasteiger charge is 2.35. The number of aliphatic hydroxyl groups is 1. The second kappa shape index (κ2) is 12.4. The summed E-state index contributed by atoms with van der Waals surface area (Å²) in [5.41, 5.74) is 2.02. The Labute approximate surface area is 208 Å². The molecule has 0 spiro atoms. The van der Waals surface area contributed by atoms with Crippen LogP contribution in [0.4, 0.5) is 0 Å². The molecule has 2 amide bonds. The summed E-state index contributed by atoms with van der Waals surface area (Å²) in [4.78, 5) is 49.7. The number of amides is 2. The summed E-state index contributed by atoms with van der Waals surface area (Å²) >= 11 is 16.7. The molecule has 1 fully saturated rings. The van der Waals surface area contributed by atoms with E-state index in [0.29, 0.717) is 19.4 Å². The molecule has 0 aromatic carbocycles. The van der Waals surface area contributed by atoms with Crippen molar-refractivity contribution < 1.29 is 33.8 Å². The van der Waals surface area contributed by atoms with Gasteiger partial charge >= 0.3 is 11.9 Å². The molecule has 0 radical (unpaired) electrons. The lowest BCUT2D eigenvalue weighted by Gasteiger charge is -2.34. The number of hydrogen-bond acceptors (Lipinski definition) is 8. The molecule has 10 nitrogen and oxygen atoms in total. The number of carbonyl (C=O) groups is 4. The van der Waals surface area contributed by atoms with E-state index in [9.17, 15) is 24.3 Å². The first kappa shape index (κ1) is 29.7. The Morgan fingerprint density at radius 3 is 2.30 bits per heavy atom. The number of nitrogens with one attached hydrogen (secondary N) is 2. The number of ether oxygens (including phenoxy) is 2. The summed E-state index contributed by atoms with van der Waals surface area (Å²) in [5.74, 6) is -3.61. The van der Waals surface area contributed by atoms with Crippen LogP contribution in [-0.2, 0) is 28.7 Å². The van der Waals surface area contributed by atoms with E-state index < -0.39 is 63.9 Å². The molecule has 1 saturated heterocycles. The maximum Gasteiger partial charge on any atom is 0.325 e. The summed E-state index contributed by atoms with van der Waals surface area (Å²) in [5, 5.41) is 13.7. The van der Waals surface area contributed by atoms with E-state index in [2.05, 4.69) is 10.7 Å². The molecule has 190 valence electrons. The summed E-state index contributed by atoms with van der Waals surface area (Å²) in [6.07, 6.45) is -0.587. The third-order valence-electron chi connectivity index (χ3n) is 4.57. The molecule has 1 aliphatic heterocycles. The van der Waals surface area contributed by atoms with Gasteiger partial charge in [-0.25, -0.2) is 5.43 Å². The number of carbonyl (C=O) groups excluding carboxylic acids is 4. The van der Waals surface area contributed by atoms with Gasteiger partial charge in [-0.3, -0.25) is 24.2 Å². The van der Waals surface area contributed by atoms with Gasteiger partial charge in [-0.05, 0) is 47.5 Å². The van der Waals surface area contributed by atoms with Gasteiger partial charge in [0.25, 0.3) is 5.91 Å². The molecule has 0 aromatic rings. The van der Waals surface area contributed by atoms with Gasteiger partial charge in [-0.1, -0.05) is 34.8 Å². The minimum atomic E-state index is -1.75. The van der Waals surface area contributed by atoms with Gasteiger partial charge < -0.3 is 19.9 Å². The van der Waals surface area contributed by atoms with Crippen LogP contribution in [0.1, 0.15) is 53.9 Å². The lowest BCUT2D eigenvalue weighted by Crippen LogP contribution is -2.60. The van der Waals surface area contributed by atoms with Crippen LogP contribution in [0.3, 0.4) is 0 Å². The lowest BCUT2D eigenvalue weighted by molar-refractivity contribution is -0.159. The van der Waals surface area contributed by atoms with Crippen molar-refractivity contribution >= 4 is 58.6 Å². The smallest absolute Gasteiger partial charge is 0.325 e. The molecule has 3 N–H and O–H groups in total. The molecular weight excluding hydrogens is 501 g/mol. The van der Waals surface area contributed by atoms with Crippen LogP contribution in [0.15, 0.2) is 0 Å². The maximum atomic E-state index is 12.8. The van der Waals surface area contributed by atoms with Gasteiger partial charge in [0.05, 0.1) is 18.4 Å². The van der Waals surface area contributed by atoms with Gasteiger partial charge in [0.2, 0.25) is 9.70 Å². The normalized spacial score (nSPS) is 19.8. The van der Waals surface area contributed by atoms with Crippen molar-refractivity contribution in [2.75, 3.05) is 13.2 Å². The van der Waals surface area contributed by atoms with Crippen LogP contribution in [0.5, 0.6) is 0 Å². The molecule has 1 aliphatic rings. The van der Waals surface area contributed by atoms with Crippen molar-refractivity contribution in [3.63, 3.8) is 0 Å². The van der Waals surface area contributed by atoms with Crippen LogP contribution in [-0.4, -0.2) is 74.6 Å². The molecule has 13 heteroatoms. The van der Waals surface area contributed by atoms with Gasteiger partial charge in [-0.15, -0.1) is 0 Å². The molecule has 0 unspecified atom stereocenters. The predicted octanol–water partition coefficient (Wildman–Crippen LogP) is 1.63. The molecule has 33 heavy (non-hydrogen) atoms. The van der Waals surface area contributed by atoms with E-state index >= 15 is 0 Å². The maximum absolute atomic E-state index is 12.8. The minimum absolute atomic E-state index is 0.297. The number of aliphatic hydroxyl groups excluding tert-OH is 1. The van der Waals surface area contributed by atoms with Crippen LogP contribution in [0.25, 0.3) is 0 Å². The third kappa shape index (κ3) is 11.1. The Balaban J connectivity index is 2.70. The Hall–Kier alpha value is -1.33. The summed E-state index contributed by atoms with van der Waals surface area (Å²) in [6.45, 7) is 7.76. The number of hydrogen-bond donors (Lipinski definition) is 3. The van der Waals surface area contributed by atoms with E-state index in [4.69, 9.17) is 44.3 Å². The van der Waals surface area contributed by atoms with Crippen molar-refractivity contribution in [1.82, 2.24) is 15.8 Å². The Morgan fingerprint density at radius 1 is 1.18 bits per heavy atom. The number of esters is 2. The summed E-state index contributed by atoms with van der Waals surface area (Å²) in [7, 11) is 0. The molecule has 4 atom stereocenters. The van der Waals surface area contributed by atoms with Crippen molar-refractivity contribution in [2.45, 2.75) is 81.5 Å². The van der Waals surface area contributed by atoms with Crippen LogP contribution in [0.2, 0.25) is 0 Å². The second-order valence-electron chi connectivity index (χ2n) is 8.90. The van der Waals surface area contributed by atoms with E-state index in [1.54, 1.807) is 20.8 Å². The Bertz CT molecular complexity index is 723. The highest BCUT2D eigenvalue weighted by molar-refractivity contribution is 6.67. The first-order valence-electron chi connectivity index (χ1n) is 10.5. The highest BCUT2D eigenvalue weighted by atomic mass is 35.6. The first-order chi connectivity index (χ1) is 15.0. The molecule has 0 aromatic heterocycles. The summed E-state index contributed by atoms with van der Waals surface area (Å²) < 4.78 is 8.41. The predicted molar refractivity (Wildman–Crippen MR) is 122 cm³/mol. The SMILES string of the molecule is C[C@H](NC(=O)[C@@H](CC(=O)OC(C)(C)C)[C@@H](C)O)C(=O)N1CCC[C@@H](C(=O)OCC(Cl)(Cl)Cl)N1. The average Bonchev–Trinajstić information content (AvgIpc) is 2.67. The number of rotatable bonds is 8. The standard InChI is InChI=1S/C20H32Cl3N3O7/c1-11(24-16(29)13(12(2)27)9-15(28)33-19(3,4)5)17(30)26-8-6-7-14(25-26)18(31)32-10-20(21,22)23/h11-14,25,27H,6-10H2,1-5H3,(H,24,29)/t11-,12+,13-,14-/m0/s1. The Kier molecular flexibility index (Phi) is 11.2. The van der Waals surface area contributed by atoms with Crippen molar-refractivity contribution in [2.24, 2.45) is 5.92 Å². The van der Waals surface area contributed by atoms with E-state index in [1.165, 1.54) is 18.9 Å². The molecular formula is C20H32Cl3N3O7. The second-order valence-corrected chi connectivity index (χ2v) is 11.4. The number of halogens is 3. The van der Waals surface area contributed by atoms with Crippen LogP contribution in [0, 0.1) is 5.92 Å². The van der Waals surface area contributed by atoms with Gasteiger partial charge in [0.1, 0.15) is 24.3 Å². The van der Waals surface area contributed by atoms with E-state index in [-0.39, 0.29) is 6.42 Å². The zero-order valence-corrected chi connectivity index (χ0v) is 21.6. The largest absolute Gasteiger partial charge is 0.460 e. The van der Waals surface area contributed by atoms with Crippen molar-refractivity contribution in [3.8, 4) is 0 Å². The van der Waals surface area contributed by atoms with Crippen molar-refractivity contribution in [3.05, 3.63) is 0 Å². The average molecular weight is 533 g/mol. The molecule has 1 rings (SSSR count). The quantitative estimate of drug-likeness (QED) is 0.317. The molecule has 1 heterocycles. The fourth-order valence-corrected chi connectivity index (χ4v) is 3.19. The number of hydrazine groups is 1. The Morgan fingerprint density at radius 2 is 1.79 bits per heavy atom. The molecule has 0 aliphatic carbocycles. The molecule has 0 bridgehead atoms. The lowest BCUT2D eigenvalue weighted by atomic mass is 9.98. The summed E-state index contributed by atoms with van der Waals surface area (Å²) in [6, 6.07) is -1.82. The van der Waals surface area contributed by atoms with Crippen LogP contribution < -0.4 is 10.7 Å². The zero-order valence-electron chi connectivity index (χ0n) is 19.3. The third-order valence-corrected chi connectivity index (χ3v) is 4.90. The monoisotopic (exact) mass is 531 g/mol. The number of alkyl halides is 3. The topological polar surface area (TPSA) is 134 Å².